The van der Waals surface area contributed by atoms with Gasteiger partial charge in [-0.25, -0.2) is 4.98 Å². The molecule has 1 saturated heterocycles. The Kier molecular flexibility index (Phi) is 5.05. The van der Waals surface area contributed by atoms with Crippen LogP contribution in [0.5, 0.6) is 5.88 Å². The summed E-state index contributed by atoms with van der Waals surface area (Å²) in [7, 11) is 0. The topological polar surface area (TPSA) is 71.5 Å². The molecule has 6 nitrogen and oxygen atoms in total. The van der Waals surface area contributed by atoms with Crippen LogP contribution < -0.4 is 10.1 Å². The minimum Gasteiger partial charge on any atom is -0.474 e. The van der Waals surface area contributed by atoms with Crippen LogP contribution in [0.2, 0.25) is 0 Å². The van der Waals surface area contributed by atoms with Gasteiger partial charge in [0.1, 0.15) is 6.10 Å². The molecule has 1 aliphatic carbocycles. The number of rotatable bonds is 4. The number of hydrogen-bond acceptors (Lipinski definition) is 4. The molecule has 1 atom stereocenters. The van der Waals surface area contributed by atoms with Crippen LogP contribution in [0.4, 0.5) is 0 Å². The fourth-order valence-corrected chi connectivity index (χ4v) is 3.48. The molecule has 27 heavy (non-hydrogen) atoms. The summed E-state index contributed by atoms with van der Waals surface area (Å²) in [6.07, 6.45) is 5.33. The molecule has 1 aromatic heterocycles. The molecule has 0 bridgehead atoms. The fraction of sp³-hybridized carbons (Fsp3) is 0.381. The van der Waals surface area contributed by atoms with Gasteiger partial charge in [-0.2, -0.15) is 0 Å². The number of benzene rings is 1. The third-order valence-electron chi connectivity index (χ3n) is 5.20. The highest BCUT2D eigenvalue weighted by Gasteiger charge is 2.30. The van der Waals surface area contributed by atoms with Gasteiger partial charge >= 0.3 is 0 Å². The summed E-state index contributed by atoms with van der Waals surface area (Å²) in [6, 6.07) is 12.8. The van der Waals surface area contributed by atoms with Crippen LogP contribution in [0.3, 0.4) is 0 Å². The SMILES string of the molecule is O=C1C[C@@H](c2ccccc2)N(C(=O)c2ccnc(OC3CCC3)c2)CCN1. The molecule has 1 aliphatic heterocycles. The maximum absolute atomic E-state index is 13.3. The molecule has 0 unspecified atom stereocenters. The van der Waals surface area contributed by atoms with Crippen LogP contribution in [0.15, 0.2) is 48.7 Å². The van der Waals surface area contributed by atoms with E-state index in [1.165, 1.54) is 6.42 Å². The van der Waals surface area contributed by atoms with Crippen molar-refractivity contribution in [2.24, 2.45) is 0 Å². The molecule has 0 radical (unpaired) electrons. The van der Waals surface area contributed by atoms with Crippen molar-refractivity contribution < 1.29 is 14.3 Å². The van der Waals surface area contributed by atoms with Crippen LogP contribution in [0.25, 0.3) is 0 Å². The number of hydrogen-bond donors (Lipinski definition) is 1. The molecule has 2 amide bonds. The third-order valence-corrected chi connectivity index (χ3v) is 5.20. The van der Waals surface area contributed by atoms with Crippen molar-refractivity contribution in [3.05, 3.63) is 59.8 Å². The minimum absolute atomic E-state index is 0.0390. The van der Waals surface area contributed by atoms with Crippen LogP contribution >= 0.6 is 0 Å². The standard InChI is InChI=1S/C21H23N3O3/c25-19-14-18(15-5-2-1-3-6-15)24(12-11-22-19)21(26)16-9-10-23-20(13-16)27-17-7-4-8-17/h1-3,5-6,9-10,13,17-18H,4,7-8,11-12,14H2,(H,22,25)/t18-/m0/s1. The first-order valence-electron chi connectivity index (χ1n) is 9.46. The average molecular weight is 365 g/mol. The van der Waals surface area contributed by atoms with Gasteiger partial charge in [-0.15, -0.1) is 0 Å². The maximum Gasteiger partial charge on any atom is 0.254 e. The van der Waals surface area contributed by atoms with Gasteiger partial charge in [-0.1, -0.05) is 30.3 Å². The molecule has 1 N–H and O–H groups in total. The smallest absolute Gasteiger partial charge is 0.254 e. The first-order valence-corrected chi connectivity index (χ1v) is 9.46. The van der Waals surface area contributed by atoms with Gasteiger partial charge in [0.2, 0.25) is 11.8 Å². The van der Waals surface area contributed by atoms with Gasteiger partial charge in [0.25, 0.3) is 5.91 Å². The van der Waals surface area contributed by atoms with Crippen LogP contribution in [-0.4, -0.2) is 40.9 Å². The lowest BCUT2D eigenvalue weighted by Gasteiger charge is -2.30. The van der Waals surface area contributed by atoms with Crippen molar-refractivity contribution >= 4 is 11.8 Å². The Balaban J connectivity index is 1.59. The van der Waals surface area contributed by atoms with E-state index in [-0.39, 0.29) is 30.4 Å². The summed E-state index contributed by atoms with van der Waals surface area (Å²) >= 11 is 0. The summed E-state index contributed by atoms with van der Waals surface area (Å²) in [5, 5.41) is 2.86. The van der Waals surface area contributed by atoms with Crippen molar-refractivity contribution in [1.29, 1.82) is 0 Å². The van der Waals surface area contributed by atoms with Crippen molar-refractivity contribution in [2.75, 3.05) is 13.1 Å². The summed E-state index contributed by atoms with van der Waals surface area (Å²) in [4.78, 5) is 31.4. The average Bonchev–Trinajstić information content (AvgIpc) is 2.87. The molecular formula is C21H23N3O3. The summed E-state index contributed by atoms with van der Waals surface area (Å²) in [5.74, 6) is 0.343. The highest BCUT2D eigenvalue weighted by molar-refractivity contribution is 5.95. The van der Waals surface area contributed by atoms with Crippen molar-refractivity contribution in [2.45, 2.75) is 37.8 Å². The second kappa shape index (κ2) is 7.78. The Bertz CT molecular complexity index is 820. The number of ether oxygens (including phenoxy) is 1. The second-order valence-corrected chi connectivity index (χ2v) is 7.03. The minimum atomic E-state index is -0.287. The number of nitrogens with one attached hydrogen (secondary N) is 1. The quantitative estimate of drug-likeness (QED) is 0.904. The van der Waals surface area contributed by atoms with E-state index < -0.39 is 0 Å². The highest BCUT2D eigenvalue weighted by atomic mass is 16.5. The lowest BCUT2D eigenvalue weighted by atomic mass is 9.96. The Hall–Kier alpha value is -2.89. The van der Waals surface area contributed by atoms with Gasteiger partial charge < -0.3 is 15.0 Å². The number of pyridine rings is 1. The van der Waals surface area contributed by atoms with E-state index in [1.807, 2.05) is 30.3 Å². The molecule has 2 aromatic rings. The predicted octanol–water partition coefficient (Wildman–Crippen LogP) is 2.72. The second-order valence-electron chi connectivity index (χ2n) is 7.03. The van der Waals surface area contributed by atoms with E-state index in [4.69, 9.17) is 4.74 Å². The van der Waals surface area contributed by atoms with E-state index in [9.17, 15) is 9.59 Å². The van der Waals surface area contributed by atoms with Crippen LogP contribution in [-0.2, 0) is 4.79 Å². The lowest BCUT2D eigenvalue weighted by molar-refractivity contribution is -0.121. The van der Waals surface area contributed by atoms with Gasteiger partial charge in [0.05, 0.1) is 12.5 Å². The molecule has 6 heteroatoms. The Labute approximate surface area is 158 Å². The van der Waals surface area contributed by atoms with Gasteiger partial charge in [-0.3, -0.25) is 9.59 Å². The number of aromatic nitrogens is 1. The molecule has 1 aromatic carbocycles. The monoisotopic (exact) mass is 365 g/mol. The maximum atomic E-state index is 13.3. The Morgan fingerprint density at radius 3 is 2.74 bits per heavy atom. The number of amides is 2. The first kappa shape index (κ1) is 17.5. The van der Waals surface area contributed by atoms with E-state index in [1.54, 1.807) is 23.2 Å². The zero-order valence-corrected chi connectivity index (χ0v) is 15.1. The molecule has 2 heterocycles. The number of nitrogens with zero attached hydrogens (tertiary/aromatic N) is 2. The normalized spacial score (nSPS) is 20.4. The molecule has 0 spiro atoms. The summed E-state index contributed by atoms with van der Waals surface area (Å²) in [6.45, 7) is 0.912. The van der Waals surface area contributed by atoms with Gasteiger partial charge in [0.15, 0.2) is 0 Å². The lowest BCUT2D eigenvalue weighted by Crippen LogP contribution is -2.36. The zero-order valence-electron chi connectivity index (χ0n) is 15.1. The fourth-order valence-electron chi connectivity index (χ4n) is 3.48. The van der Waals surface area contributed by atoms with E-state index in [0.717, 1.165) is 18.4 Å². The van der Waals surface area contributed by atoms with E-state index in [0.29, 0.717) is 24.5 Å². The zero-order chi connectivity index (χ0) is 18.6. The van der Waals surface area contributed by atoms with E-state index >= 15 is 0 Å². The Morgan fingerprint density at radius 2 is 2.00 bits per heavy atom. The molecule has 140 valence electrons. The van der Waals surface area contributed by atoms with Crippen molar-refractivity contribution in [3.8, 4) is 5.88 Å². The molecule has 2 aliphatic rings. The number of carbonyl (C=O) groups excluding carboxylic acids is 2. The van der Waals surface area contributed by atoms with Crippen molar-refractivity contribution in [3.63, 3.8) is 0 Å². The van der Waals surface area contributed by atoms with Gasteiger partial charge in [-0.05, 0) is 30.9 Å². The van der Waals surface area contributed by atoms with E-state index in [2.05, 4.69) is 10.3 Å². The van der Waals surface area contributed by atoms with Crippen LogP contribution in [0, 0.1) is 0 Å². The largest absolute Gasteiger partial charge is 0.474 e. The highest BCUT2D eigenvalue weighted by Crippen LogP contribution is 2.28. The van der Waals surface area contributed by atoms with Crippen LogP contribution in [0.1, 0.15) is 47.6 Å². The third kappa shape index (κ3) is 3.94. The number of carbonyl (C=O) groups is 2. The van der Waals surface area contributed by atoms with Crippen molar-refractivity contribution in [1.82, 2.24) is 15.2 Å². The molecule has 4 rings (SSSR count). The Morgan fingerprint density at radius 1 is 1.19 bits per heavy atom. The summed E-state index contributed by atoms with van der Waals surface area (Å²) in [5.41, 5.74) is 1.50. The molecule has 2 fully saturated rings. The first-order chi connectivity index (χ1) is 13.2. The summed E-state index contributed by atoms with van der Waals surface area (Å²) < 4.78 is 5.83. The predicted molar refractivity (Wildman–Crippen MR) is 100 cm³/mol. The molecular weight excluding hydrogens is 342 g/mol. The van der Waals surface area contributed by atoms with Gasteiger partial charge in [0, 0.05) is 30.9 Å². The molecule has 1 saturated carbocycles.